The first-order chi connectivity index (χ1) is 8.31. The molecule has 0 aliphatic heterocycles. The summed E-state index contributed by atoms with van der Waals surface area (Å²) in [5.74, 6) is 0.705. The molecule has 2 aromatic rings. The Hall–Kier alpha value is -1.95. The molecule has 6 heteroatoms. The Morgan fingerprint density at radius 1 is 1.41 bits per heavy atom. The summed E-state index contributed by atoms with van der Waals surface area (Å²) >= 11 is 0. The first-order valence-electron chi connectivity index (χ1n) is 5.39. The molecule has 0 radical (unpaired) electrons. The smallest absolute Gasteiger partial charge is 0.145 e. The van der Waals surface area contributed by atoms with Gasteiger partial charge in [-0.25, -0.2) is 0 Å². The number of ether oxygens (including phenoxy) is 1. The second-order valence-electron chi connectivity index (χ2n) is 3.65. The van der Waals surface area contributed by atoms with Crippen molar-refractivity contribution >= 4 is 0 Å². The minimum atomic E-state index is 0.117. The number of hydrogen-bond donors (Lipinski definition) is 1. The number of aliphatic hydroxyl groups is 1. The lowest BCUT2D eigenvalue weighted by atomic mass is 10.2. The molecule has 2 rings (SSSR count). The SMILES string of the molecule is Cc1ccc(OCCCO)c(-n2cnnn2)c1. The zero-order valence-electron chi connectivity index (χ0n) is 9.58. The van der Waals surface area contributed by atoms with Gasteiger partial charge in [-0.15, -0.1) is 5.10 Å². The molecular formula is C11H14N4O2. The van der Waals surface area contributed by atoms with Crippen LogP contribution in [0.1, 0.15) is 12.0 Å². The van der Waals surface area contributed by atoms with E-state index in [0.717, 1.165) is 11.3 Å². The molecule has 1 heterocycles. The average Bonchev–Trinajstić information content (AvgIpc) is 2.85. The molecule has 0 bridgehead atoms. The number of aromatic nitrogens is 4. The van der Waals surface area contributed by atoms with Crippen molar-refractivity contribution in [2.24, 2.45) is 0 Å². The maximum absolute atomic E-state index is 8.72. The molecule has 0 amide bonds. The molecule has 0 aliphatic carbocycles. The molecule has 90 valence electrons. The van der Waals surface area contributed by atoms with Crippen LogP contribution in [0, 0.1) is 6.92 Å². The van der Waals surface area contributed by atoms with Crippen LogP contribution in [0.15, 0.2) is 24.5 Å². The molecule has 0 saturated carbocycles. The van der Waals surface area contributed by atoms with E-state index in [1.165, 1.54) is 6.33 Å². The van der Waals surface area contributed by atoms with E-state index in [2.05, 4.69) is 15.5 Å². The molecule has 1 aromatic carbocycles. The fraction of sp³-hybridized carbons (Fsp3) is 0.364. The number of tetrazole rings is 1. The van der Waals surface area contributed by atoms with Crippen molar-refractivity contribution in [1.82, 2.24) is 20.2 Å². The van der Waals surface area contributed by atoms with E-state index in [0.29, 0.717) is 18.8 Å². The molecule has 1 N–H and O–H groups in total. The minimum Gasteiger partial charge on any atom is -0.491 e. The van der Waals surface area contributed by atoms with Crippen molar-refractivity contribution < 1.29 is 9.84 Å². The lowest BCUT2D eigenvalue weighted by Crippen LogP contribution is -2.04. The van der Waals surface area contributed by atoms with Crippen LogP contribution in [0.25, 0.3) is 5.69 Å². The number of rotatable bonds is 5. The zero-order valence-corrected chi connectivity index (χ0v) is 9.58. The number of hydrogen-bond acceptors (Lipinski definition) is 5. The van der Waals surface area contributed by atoms with E-state index in [1.807, 2.05) is 25.1 Å². The zero-order chi connectivity index (χ0) is 12.1. The monoisotopic (exact) mass is 234 g/mol. The van der Waals surface area contributed by atoms with Gasteiger partial charge in [-0.1, -0.05) is 6.07 Å². The van der Waals surface area contributed by atoms with E-state index in [4.69, 9.17) is 9.84 Å². The van der Waals surface area contributed by atoms with E-state index in [1.54, 1.807) is 4.68 Å². The van der Waals surface area contributed by atoms with Crippen molar-refractivity contribution in [3.05, 3.63) is 30.1 Å². The molecule has 17 heavy (non-hydrogen) atoms. The van der Waals surface area contributed by atoms with E-state index in [9.17, 15) is 0 Å². The normalized spacial score (nSPS) is 10.5. The highest BCUT2D eigenvalue weighted by Crippen LogP contribution is 2.23. The molecule has 0 fully saturated rings. The number of aryl methyl sites for hydroxylation is 1. The van der Waals surface area contributed by atoms with Crippen LogP contribution < -0.4 is 4.74 Å². The van der Waals surface area contributed by atoms with Crippen molar-refractivity contribution in [3.8, 4) is 11.4 Å². The third-order valence-electron chi connectivity index (χ3n) is 2.27. The summed E-state index contributed by atoms with van der Waals surface area (Å²) in [6, 6.07) is 5.79. The topological polar surface area (TPSA) is 73.1 Å². The highest BCUT2D eigenvalue weighted by atomic mass is 16.5. The maximum Gasteiger partial charge on any atom is 0.145 e. The molecule has 0 spiro atoms. The fourth-order valence-corrected chi connectivity index (χ4v) is 1.45. The van der Waals surface area contributed by atoms with Gasteiger partial charge in [0.1, 0.15) is 17.8 Å². The van der Waals surface area contributed by atoms with E-state index in [-0.39, 0.29) is 6.61 Å². The summed E-state index contributed by atoms with van der Waals surface area (Å²) < 4.78 is 7.14. The molecule has 0 aliphatic rings. The fourth-order valence-electron chi connectivity index (χ4n) is 1.45. The van der Waals surface area contributed by atoms with Gasteiger partial charge in [0.05, 0.1) is 6.61 Å². The van der Waals surface area contributed by atoms with Gasteiger partial charge in [0, 0.05) is 13.0 Å². The lowest BCUT2D eigenvalue weighted by molar-refractivity contribution is 0.233. The Morgan fingerprint density at radius 3 is 3.00 bits per heavy atom. The van der Waals surface area contributed by atoms with Gasteiger partial charge >= 0.3 is 0 Å². The number of nitrogens with zero attached hydrogens (tertiary/aromatic N) is 4. The Balaban J connectivity index is 2.25. The largest absolute Gasteiger partial charge is 0.491 e. The van der Waals surface area contributed by atoms with Gasteiger partial charge in [0.25, 0.3) is 0 Å². The van der Waals surface area contributed by atoms with Crippen LogP contribution in [0.4, 0.5) is 0 Å². The number of benzene rings is 1. The van der Waals surface area contributed by atoms with Gasteiger partial charge in [0.15, 0.2) is 0 Å². The summed E-state index contributed by atoms with van der Waals surface area (Å²) in [6.07, 6.45) is 2.12. The van der Waals surface area contributed by atoms with E-state index < -0.39 is 0 Å². The van der Waals surface area contributed by atoms with Crippen LogP contribution >= 0.6 is 0 Å². The second-order valence-corrected chi connectivity index (χ2v) is 3.65. The highest BCUT2D eigenvalue weighted by molar-refractivity contribution is 5.47. The molecule has 1 aromatic heterocycles. The number of aliphatic hydroxyl groups excluding tert-OH is 1. The predicted molar refractivity (Wildman–Crippen MR) is 61.1 cm³/mol. The van der Waals surface area contributed by atoms with Crippen LogP contribution in [0.5, 0.6) is 5.75 Å². The third-order valence-corrected chi connectivity index (χ3v) is 2.27. The van der Waals surface area contributed by atoms with Gasteiger partial charge in [-0.3, -0.25) is 0 Å². The van der Waals surface area contributed by atoms with Gasteiger partial charge in [0.2, 0.25) is 0 Å². The van der Waals surface area contributed by atoms with Crippen molar-refractivity contribution in [2.75, 3.05) is 13.2 Å². The Kier molecular flexibility index (Phi) is 3.66. The van der Waals surface area contributed by atoms with Crippen LogP contribution in [0.3, 0.4) is 0 Å². The third kappa shape index (κ3) is 2.79. The summed E-state index contributed by atoms with van der Waals surface area (Å²) in [5.41, 5.74) is 1.90. The van der Waals surface area contributed by atoms with Crippen molar-refractivity contribution in [1.29, 1.82) is 0 Å². The quantitative estimate of drug-likeness (QED) is 0.772. The van der Waals surface area contributed by atoms with Crippen molar-refractivity contribution in [3.63, 3.8) is 0 Å². The average molecular weight is 234 g/mol. The van der Waals surface area contributed by atoms with Crippen LogP contribution in [0.2, 0.25) is 0 Å². The Labute approximate surface area is 98.8 Å². The summed E-state index contributed by atoms with van der Waals surface area (Å²) in [6.45, 7) is 2.58. The van der Waals surface area contributed by atoms with E-state index >= 15 is 0 Å². The van der Waals surface area contributed by atoms with Gasteiger partial charge in [-0.2, -0.15) is 4.68 Å². The summed E-state index contributed by atoms with van der Waals surface area (Å²) in [5, 5.41) is 19.8. The van der Waals surface area contributed by atoms with Crippen molar-refractivity contribution in [2.45, 2.75) is 13.3 Å². The van der Waals surface area contributed by atoms with Gasteiger partial charge in [-0.05, 0) is 35.0 Å². The first-order valence-corrected chi connectivity index (χ1v) is 5.39. The summed E-state index contributed by atoms with van der Waals surface area (Å²) in [4.78, 5) is 0. The standard InChI is InChI=1S/C11H14N4O2/c1-9-3-4-11(17-6-2-5-16)10(7-9)15-8-12-13-14-15/h3-4,7-8,16H,2,5-6H2,1H3. The molecule has 0 unspecified atom stereocenters. The van der Waals surface area contributed by atoms with Crippen LogP contribution in [-0.2, 0) is 0 Å². The lowest BCUT2D eigenvalue weighted by Gasteiger charge is -2.10. The van der Waals surface area contributed by atoms with Gasteiger partial charge < -0.3 is 9.84 Å². The Bertz CT molecular complexity index is 470. The molecule has 0 saturated heterocycles. The Morgan fingerprint density at radius 2 is 2.29 bits per heavy atom. The molecular weight excluding hydrogens is 220 g/mol. The molecule has 0 atom stereocenters. The highest BCUT2D eigenvalue weighted by Gasteiger charge is 2.07. The maximum atomic E-state index is 8.72. The minimum absolute atomic E-state index is 0.117. The second kappa shape index (κ2) is 5.40. The van der Waals surface area contributed by atoms with Crippen LogP contribution in [-0.4, -0.2) is 38.5 Å². The summed E-state index contributed by atoms with van der Waals surface area (Å²) in [7, 11) is 0. The predicted octanol–water partition coefficient (Wildman–Crippen LogP) is 0.732. The molecule has 6 nitrogen and oxygen atoms in total. The first kappa shape index (κ1) is 11.5.